The third-order valence-electron chi connectivity index (χ3n) is 3.92. The molecule has 1 N–H and O–H groups in total. The predicted octanol–water partition coefficient (Wildman–Crippen LogP) is 3.36. The molecule has 1 aliphatic heterocycles. The van der Waals surface area contributed by atoms with Crippen molar-refractivity contribution in [2.75, 3.05) is 26.7 Å². The lowest BCUT2D eigenvalue weighted by molar-refractivity contribution is 0.0510. The van der Waals surface area contributed by atoms with E-state index in [-0.39, 0.29) is 12.1 Å². The first-order chi connectivity index (χ1) is 10.9. The molecule has 128 valence electrons. The number of carbonyl (C=O) groups excluding carboxylic acids is 1. The molecule has 1 unspecified atom stereocenters. The standard InChI is InChI=1S/C18H28N2O3/c1-18(2,3)23-17(21)19-13-16(20-11-5-6-12-20)14-7-9-15(22-4)10-8-14/h7-10,16H,5-6,11-13H2,1-4H3,(H,19,21). The molecule has 0 saturated carbocycles. The zero-order valence-electron chi connectivity index (χ0n) is 14.6. The van der Waals surface area contributed by atoms with E-state index in [4.69, 9.17) is 9.47 Å². The molecule has 0 aromatic heterocycles. The first-order valence-electron chi connectivity index (χ1n) is 8.24. The summed E-state index contributed by atoms with van der Waals surface area (Å²) in [6.45, 7) is 8.27. The summed E-state index contributed by atoms with van der Waals surface area (Å²) in [5.41, 5.74) is 0.705. The van der Waals surface area contributed by atoms with E-state index in [0.29, 0.717) is 6.54 Å². The second kappa shape index (κ2) is 7.68. The van der Waals surface area contributed by atoms with Crippen LogP contribution in [0, 0.1) is 0 Å². The van der Waals surface area contributed by atoms with Gasteiger partial charge in [-0.3, -0.25) is 4.90 Å². The van der Waals surface area contributed by atoms with E-state index in [9.17, 15) is 4.79 Å². The molecule has 23 heavy (non-hydrogen) atoms. The number of hydrogen-bond acceptors (Lipinski definition) is 4. The molecule has 0 bridgehead atoms. The van der Waals surface area contributed by atoms with Crippen LogP contribution in [0.4, 0.5) is 4.79 Å². The van der Waals surface area contributed by atoms with Crippen LogP contribution in [0.1, 0.15) is 45.2 Å². The lowest BCUT2D eigenvalue weighted by atomic mass is 10.1. The van der Waals surface area contributed by atoms with E-state index in [1.807, 2.05) is 32.9 Å². The number of hydrogen-bond donors (Lipinski definition) is 1. The van der Waals surface area contributed by atoms with Gasteiger partial charge in [0.1, 0.15) is 11.4 Å². The van der Waals surface area contributed by atoms with Crippen LogP contribution in [0.15, 0.2) is 24.3 Å². The van der Waals surface area contributed by atoms with Crippen LogP contribution >= 0.6 is 0 Å². The van der Waals surface area contributed by atoms with Crippen molar-refractivity contribution in [3.05, 3.63) is 29.8 Å². The summed E-state index contributed by atoms with van der Waals surface area (Å²) < 4.78 is 10.6. The van der Waals surface area contributed by atoms with Crippen molar-refractivity contribution in [1.29, 1.82) is 0 Å². The van der Waals surface area contributed by atoms with Gasteiger partial charge in [0.15, 0.2) is 0 Å². The summed E-state index contributed by atoms with van der Waals surface area (Å²) in [7, 11) is 1.66. The molecule has 2 rings (SSSR count). The Kier molecular flexibility index (Phi) is 5.88. The summed E-state index contributed by atoms with van der Waals surface area (Å²) in [6.07, 6.45) is 2.05. The van der Waals surface area contributed by atoms with Gasteiger partial charge in [-0.25, -0.2) is 4.79 Å². The van der Waals surface area contributed by atoms with Gasteiger partial charge in [0.2, 0.25) is 0 Å². The van der Waals surface area contributed by atoms with Gasteiger partial charge in [-0.1, -0.05) is 12.1 Å². The highest BCUT2D eigenvalue weighted by atomic mass is 16.6. The van der Waals surface area contributed by atoms with E-state index < -0.39 is 5.60 Å². The maximum Gasteiger partial charge on any atom is 0.407 e. The molecule has 0 spiro atoms. The Bertz CT molecular complexity index is 502. The molecule has 1 heterocycles. The lowest BCUT2D eigenvalue weighted by Gasteiger charge is -2.29. The zero-order valence-corrected chi connectivity index (χ0v) is 14.6. The number of methoxy groups -OCH3 is 1. The van der Waals surface area contributed by atoms with Gasteiger partial charge in [-0.15, -0.1) is 0 Å². The molecule has 5 heteroatoms. The van der Waals surface area contributed by atoms with Crippen molar-refractivity contribution in [2.45, 2.75) is 45.3 Å². The molecule has 1 saturated heterocycles. The number of carbonyl (C=O) groups is 1. The van der Waals surface area contributed by atoms with Crippen molar-refractivity contribution < 1.29 is 14.3 Å². The van der Waals surface area contributed by atoms with Gasteiger partial charge in [0.25, 0.3) is 0 Å². The minimum atomic E-state index is -0.479. The number of benzene rings is 1. The Morgan fingerprint density at radius 3 is 2.35 bits per heavy atom. The van der Waals surface area contributed by atoms with E-state index in [1.54, 1.807) is 7.11 Å². The first kappa shape index (κ1) is 17.6. The smallest absolute Gasteiger partial charge is 0.407 e. The molecule has 1 fully saturated rings. The van der Waals surface area contributed by atoms with Crippen LogP contribution in [0.2, 0.25) is 0 Å². The third-order valence-corrected chi connectivity index (χ3v) is 3.92. The second-order valence-electron chi connectivity index (χ2n) is 6.91. The van der Waals surface area contributed by atoms with Crippen LogP contribution in [0.5, 0.6) is 5.75 Å². The summed E-state index contributed by atoms with van der Waals surface area (Å²) >= 11 is 0. The number of rotatable bonds is 5. The highest BCUT2D eigenvalue weighted by Crippen LogP contribution is 2.26. The maximum absolute atomic E-state index is 11.9. The average molecular weight is 320 g/mol. The van der Waals surface area contributed by atoms with E-state index in [0.717, 1.165) is 18.8 Å². The minimum Gasteiger partial charge on any atom is -0.497 e. The molecule has 0 aliphatic carbocycles. The van der Waals surface area contributed by atoms with Gasteiger partial charge < -0.3 is 14.8 Å². The Labute approximate surface area is 139 Å². The van der Waals surface area contributed by atoms with Gasteiger partial charge in [0.05, 0.1) is 13.2 Å². The third kappa shape index (κ3) is 5.43. The quantitative estimate of drug-likeness (QED) is 0.904. The van der Waals surface area contributed by atoms with E-state index >= 15 is 0 Å². The molecule has 1 atom stereocenters. The molecule has 1 aromatic rings. The number of nitrogens with one attached hydrogen (secondary N) is 1. The summed E-state index contributed by atoms with van der Waals surface area (Å²) in [5.74, 6) is 0.842. The van der Waals surface area contributed by atoms with Crippen molar-refractivity contribution in [2.24, 2.45) is 0 Å². The number of alkyl carbamates (subject to hydrolysis) is 1. The average Bonchev–Trinajstić information content (AvgIpc) is 3.00. The number of ether oxygens (including phenoxy) is 2. The minimum absolute atomic E-state index is 0.163. The molecular formula is C18H28N2O3. The second-order valence-corrected chi connectivity index (χ2v) is 6.91. The fourth-order valence-corrected chi connectivity index (χ4v) is 2.83. The van der Waals surface area contributed by atoms with Crippen LogP contribution in [0.3, 0.4) is 0 Å². The molecule has 0 radical (unpaired) electrons. The fourth-order valence-electron chi connectivity index (χ4n) is 2.83. The van der Waals surface area contributed by atoms with Crippen LogP contribution in [0.25, 0.3) is 0 Å². The summed E-state index contributed by atoms with van der Waals surface area (Å²) in [6, 6.07) is 8.23. The first-order valence-corrected chi connectivity index (χ1v) is 8.24. The molecule has 1 aliphatic rings. The van der Waals surface area contributed by atoms with Crippen LogP contribution < -0.4 is 10.1 Å². The Balaban J connectivity index is 2.03. The van der Waals surface area contributed by atoms with Crippen LogP contribution in [-0.4, -0.2) is 43.3 Å². The van der Waals surface area contributed by atoms with Crippen molar-refractivity contribution in [3.8, 4) is 5.75 Å². The van der Waals surface area contributed by atoms with Gasteiger partial charge in [-0.05, 0) is 64.4 Å². The largest absolute Gasteiger partial charge is 0.497 e. The topological polar surface area (TPSA) is 50.8 Å². The molecule has 5 nitrogen and oxygen atoms in total. The van der Waals surface area contributed by atoms with Gasteiger partial charge in [-0.2, -0.15) is 0 Å². The zero-order chi connectivity index (χ0) is 16.9. The summed E-state index contributed by atoms with van der Waals surface area (Å²) in [4.78, 5) is 14.4. The molecule has 1 aromatic carbocycles. The normalized spacial score (nSPS) is 16.9. The fraction of sp³-hybridized carbons (Fsp3) is 0.611. The van der Waals surface area contributed by atoms with Gasteiger partial charge in [0, 0.05) is 6.54 Å². The molecule has 1 amide bonds. The lowest BCUT2D eigenvalue weighted by Crippen LogP contribution is -2.39. The van der Waals surface area contributed by atoms with Crippen molar-refractivity contribution in [3.63, 3.8) is 0 Å². The SMILES string of the molecule is COc1ccc(C(CNC(=O)OC(C)(C)C)N2CCCC2)cc1. The maximum atomic E-state index is 11.9. The van der Waals surface area contributed by atoms with Crippen molar-refractivity contribution in [1.82, 2.24) is 10.2 Å². The number of amides is 1. The Hall–Kier alpha value is -1.75. The van der Waals surface area contributed by atoms with Crippen LogP contribution in [-0.2, 0) is 4.74 Å². The number of nitrogens with zero attached hydrogens (tertiary/aromatic N) is 1. The van der Waals surface area contributed by atoms with Crippen molar-refractivity contribution >= 4 is 6.09 Å². The van der Waals surface area contributed by atoms with Gasteiger partial charge >= 0.3 is 6.09 Å². The highest BCUT2D eigenvalue weighted by molar-refractivity contribution is 5.67. The monoisotopic (exact) mass is 320 g/mol. The van der Waals surface area contributed by atoms with E-state index in [2.05, 4.69) is 22.3 Å². The highest BCUT2D eigenvalue weighted by Gasteiger charge is 2.25. The Morgan fingerprint density at radius 1 is 1.22 bits per heavy atom. The number of likely N-dealkylation sites (tertiary alicyclic amines) is 1. The van der Waals surface area contributed by atoms with E-state index in [1.165, 1.54) is 18.4 Å². The Morgan fingerprint density at radius 2 is 1.83 bits per heavy atom. The summed E-state index contributed by atoms with van der Waals surface area (Å²) in [5, 5.41) is 2.91. The molecular weight excluding hydrogens is 292 g/mol. The predicted molar refractivity (Wildman–Crippen MR) is 90.8 cm³/mol.